The summed E-state index contributed by atoms with van der Waals surface area (Å²) < 4.78 is 18.3. The first-order valence-corrected chi connectivity index (χ1v) is 14.7. The third-order valence-corrected chi connectivity index (χ3v) is 7.84. The van der Waals surface area contributed by atoms with Gasteiger partial charge in [-0.3, -0.25) is 0 Å². The Morgan fingerprint density at radius 2 is 1.68 bits per heavy atom. The van der Waals surface area contributed by atoms with Gasteiger partial charge in [-0.2, -0.15) is 0 Å². The maximum atomic E-state index is 6.56. The van der Waals surface area contributed by atoms with Crippen molar-refractivity contribution in [1.29, 1.82) is 0 Å². The molecule has 0 saturated carbocycles. The first-order valence-electron chi connectivity index (χ1n) is 13.5. The second kappa shape index (κ2) is 13.9. The molecule has 0 aliphatic carbocycles. The molecule has 1 aliphatic rings. The fourth-order valence-electron chi connectivity index (χ4n) is 5.10. The van der Waals surface area contributed by atoms with Crippen LogP contribution in [0.15, 0.2) is 91.0 Å². The van der Waals surface area contributed by atoms with Gasteiger partial charge in [-0.25, -0.2) is 0 Å². The molecule has 1 aliphatic heterocycles. The van der Waals surface area contributed by atoms with Crippen molar-refractivity contribution in [3.05, 3.63) is 113 Å². The van der Waals surface area contributed by atoms with Crippen molar-refractivity contribution in [3.63, 3.8) is 0 Å². The Morgan fingerprint density at radius 1 is 0.816 bits per heavy atom. The number of nitrogens with one attached hydrogen (secondary N) is 1. The molecule has 0 aromatic heterocycles. The van der Waals surface area contributed by atoms with Crippen LogP contribution in [0.4, 0.5) is 0 Å². The van der Waals surface area contributed by atoms with Crippen LogP contribution >= 0.6 is 15.9 Å². The minimum absolute atomic E-state index is 0.131. The van der Waals surface area contributed by atoms with Crippen LogP contribution in [0, 0.1) is 0 Å². The molecule has 198 valence electrons. The van der Waals surface area contributed by atoms with E-state index in [1.165, 1.54) is 33.0 Å². The van der Waals surface area contributed by atoms with Gasteiger partial charge in [0.05, 0.1) is 32.5 Å². The van der Waals surface area contributed by atoms with Gasteiger partial charge in [-0.05, 0) is 64.2 Å². The molecule has 5 rings (SSSR count). The Kier molecular flexibility index (Phi) is 9.84. The number of halogens is 1. The Morgan fingerprint density at radius 3 is 2.53 bits per heavy atom. The van der Waals surface area contributed by atoms with E-state index in [2.05, 4.69) is 94.0 Å². The third kappa shape index (κ3) is 7.23. The van der Waals surface area contributed by atoms with Gasteiger partial charge >= 0.3 is 0 Å². The van der Waals surface area contributed by atoms with Gasteiger partial charge in [0.1, 0.15) is 5.75 Å². The van der Waals surface area contributed by atoms with E-state index in [4.69, 9.17) is 14.2 Å². The van der Waals surface area contributed by atoms with Crippen molar-refractivity contribution in [2.24, 2.45) is 0 Å². The molecule has 1 saturated heterocycles. The summed E-state index contributed by atoms with van der Waals surface area (Å²) in [5, 5.41) is 6.91. The average Bonchev–Trinajstić information content (AvgIpc) is 2.98. The highest BCUT2D eigenvalue weighted by molar-refractivity contribution is 9.08. The molecule has 1 fully saturated rings. The molecular formula is C33H36BrNO3. The van der Waals surface area contributed by atoms with Crippen molar-refractivity contribution < 1.29 is 14.2 Å². The molecule has 5 heteroatoms. The third-order valence-electron chi connectivity index (χ3n) is 7.19. The summed E-state index contributed by atoms with van der Waals surface area (Å²) in [6.07, 6.45) is 2.06. The van der Waals surface area contributed by atoms with Gasteiger partial charge in [0.15, 0.2) is 0 Å². The molecule has 1 N–H and O–H groups in total. The summed E-state index contributed by atoms with van der Waals surface area (Å²) >= 11 is 3.59. The lowest BCUT2D eigenvalue weighted by molar-refractivity contribution is 0.0111. The van der Waals surface area contributed by atoms with Crippen LogP contribution in [0.5, 0.6) is 5.75 Å². The second-order valence-corrected chi connectivity index (χ2v) is 10.4. The summed E-state index contributed by atoms with van der Waals surface area (Å²) in [6, 6.07) is 32.0. The lowest BCUT2D eigenvalue weighted by Crippen LogP contribution is -2.40. The van der Waals surface area contributed by atoms with E-state index < -0.39 is 0 Å². The zero-order valence-corrected chi connectivity index (χ0v) is 23.4. The normalized spacial score (nSPS) is 17.5. The van der Waals surface area contributed by atoms with Gasteiger partial charge in [0, 0.05) is 24.2 Å². The molecule has 38 heavy (non-hydrogen) atoms. The monoisotopic (exact) mass is 573 g/mol. The van der Waals surface area contributed by atoms with Gasteiger partial charge < -0.3 is 19.5 Å². The quantitative estimate of drug-likeness (QED) is 0.142. The summed E-state index contributed by atoms with van der Waals surface area (Å²) in [7, 11) is 0. The Balaban J connectivity index is 1.12. The number of benzene rings is 4. The number of ether oxygens (including phenoxy) is 3. The number of alkyl halides is 1. The molecule has 2 atom stereocenters. The van der Waals surface area contributed by atoms with E-state index in [9.17, 15) is 0 Å². The Labute approximate surface area is 234 Å². The Hall–Kier alpha value is -2.70. The van der Waals surface area contributed by atoms with Crippen molar-refractivity contribution in [3.8, 4) is 5.75 Å². The van der Waals surface area contributed by atoms with Crippen molar-refractivity contribution in [2.45, 2.75) is 43.4 Å². The van der Waals surface area contributed by atoms with Crippen LogP contribution in [0.1, 0.15) is 41.0 Å². The minimum Gasteiger partial charge on any atom is -0.494 e. The summed E-state index contributed by atoms with van der Waals surface area (Å²) in [5.74, 6) is 1.27. The van der Waals surface area contributed by atoms with E-state index >= 15 is 0 Å². The molecule has 0 radical (unpaired) electrons. The molecule has 4 nitrogen and oxygen atoms in total. The first-order chi connectivity index (χ1) is 18.8. The standard InChI is InChI=1S/C33H36BrNO3/c34-21-26-10-11-27-8-4-9-29(32(27)20-26)24-38-33-22-35-17-16-31(33)28-12-14-30(15-13-28)37-19-5-18-36-23-25-6-2-1-3-7-25/h1-4,6-15,20,31,33,35H,5,16-19,21-24H2. The van der Waals surface area contributed by atoms with Crippen molar-refractivity contribution >= 4 is 26.7 Å². The molecule has 2 unspecified atom stereocenters. The van der Waals surface area contributed by atoms with Crippen LogP contribution in [-0.4, -0.2) is 32.4 Å². The van der Waals surface area contributed by atoms with Gasteiger partial charge in [-0.15, -0.1) is 0 Å². The smallest absolute Gasteiger partial charge is 0.119 e. The maximum absolute atomic E-state index is 6.56. The minimum atomic E-state index is 0.131. The van der Waals surface area contributed by atoms with Gasteiger partial charge in [0.25, 0.3) is 0 Å². The zero-order chi connectivity index (χ0) is 26.0. The summed E-state index contributed by atoms with van der Waals surface area (Å²) in [5.41, 5.74) is 5.04. The fraction of sp³-hybridized carbons (Fsp3) is 0.333. The maximum Gasteiger partial charge on any atom is 0.119 e. The molecule has 0 bridgehead atoms. The highest BCUT2D eigenvalue weighted by atomic mass is 79.9. The van der Waals surface area contributed by atoms with Crippen LogP contribution < -0.4 is 10.1 Å². The van der Waals surface area contributed by atoms with Crippen molar-refractivity contribution in [2.75, 3.05) is 26.3 Å². The van der Waals surface area contributed by atoms with E-state index in [0.717, 1.165) is 37.0 Å². The van der Waals surface area contributed by atoms with Gasteiger partial charge in [0.2, 0.25) is 0 Å². The molecule has 4 aromatic rings. The van der Waals surface area contributed by atoms with Gasteiger partial charge in [-0.1, -0.05) is 88.7 Å². The highest BCUT2D eigenvalue weighted by Crippen LogP contribution is 2.31. The predicted octanol–water partition coefficient (Wildman–Crippen LogP) is 7.38. The van der Waals surface area contributed by atoms with Crippen LogP contribution in [-0.2, 0) is 28.0 Å². The summed E-state index contributed by atoms with van der Waals surface area (Å²) in [6.45, 7) is 4.47. The topological polar surface area (TPSA) is 39.7 Å². The Bertz CT molecular complexity index is 1280. The molecule has 0 amide bonds. The number of fused-ring (bicyclic) bond motifs is 1. The first kappa shape index (κ1) is 26.9. The highest BCUT2D eigenvalue weighted by Gasteiger charge is 2.27. The largest absolute Gasteiger partial charge is 0.494 e. The molecule has 1 heterocycles. The van der Waals surface area contributed by atoms with Crippen LogP contribution in [0.2, 0.25) is 0 Å². The van der Waals surface area contributed by atoms with Crippen LogP contribution in [0.3, 0.4) is 0 Å². The van der Waals surface area contributed by atoms with Crippen LogP contribution in [0.25, 0.3) is 10.8 Å². The second-order valence-electron chi connectivity index (χ2n) is 9.86. The zero-order valence-electron chi connectivity index (χ0n) is 21.8. The lowest BCUT2D eigenvalue weighted by Gasteiger charge is -2.32. The molecule has 0 spiro atoms. The summed E-state index contributed by atoms with van der Waals surface area (Å²) in [4.78, 5) is 0. The van der Waals surface area contributed by atoms with E-state index in [-0.39, 0.29) is 6.10 Å². The molecule has 4 aromatic carbocycles. The number of piperidine rings is 1. The van der Waals surface area contributed by atoms with E-state index in [0.29, 0.717) is 32.3 Å². The number of rotatable bonds is 12. The lowest BCUT2D eigenvalue weighted by atomic mass is 9.87. The average molecular weight is 575 g/mol. The SMILES string of the molecule is BrCc1ccc2cccc(COC3CNCCC3c3ccc(OCCCOCc4ccccc4)cc3)c2c1. The number of hydrogen-bond donors (Lipinski definition) is 1. The van der Waals surface area contributed by atoms with E-state index in [1.54, 1.807) is 0 Å². The fourth-order valence-corrected chi connectivity index (χ4v) is 5.45. The number of hydrogen-bond acceptors (Lipinski definition) is 4. The molecular weight excluding hydrogens is 538 g/mol. The van der Waals surface area contributed by atoms with E-state index in [1.807, 2.05) is 18.2 Å². The predicted molar refractivity (Wildman–Crippen MR) is 158 cm³/mol. The van der Waals surface area contributed by atoms with Crippen molar-refractivity contribution in [1.82, 2.24) is 5.32 Å².